The normalized spacial score (nSPS) is 10.3. The Morgan fingerprint density at radius 1 is 1.50 bits per heavy atom. The van der Waals surface area contributed by atoms with Crippen molar-refractivity contribution >= 4 is 0 Å². The maximum atomic E-state index is 4.96. The van der Waals surface area contributed by atoms with Gasteiger partial charge in [0.05, 0.1) is 5.69 Å². The molecule has 3 nitrogen and oxygen atoms in total. The summed E-state index contributed by atoms with van der Waals surface area (Å²) in [6, 6.07) is 0. The van der Waals surface area contributed by atoms with Gasteiger partial charge in [0.1, 0.15) is 5.76 Å². The monoisotopic (exact) mass is 140 g/mol. The van der Waals surface area contributed by atoms with Crippen LogP contribution in [0.3, 0.4) is 0 Å². The number of rotatable bonds is 2. The van der Waals surface area contributed by atoms with Crippen LogP contribution in [0.2, 0.25) is 0 Å². The molecule has 0 saturated carbocycles. The van der Waals surface area contributed by atoms with Gasteiger partial charge in [-0.2, -0.15) is 0 Å². The van der Waals surface area contributed by atoms with Gasteiger partial charge in [0.15, 0.2) is 0 Å². The fourth-order valence-corrected chi connectivity index (χ4v) is 0.931. The molecular formula is C7H12N2O. The minimum absolute atomic E-state index is 0.834. The lowest BCUT2D eigenvalue weighted by Crippen LogP contribution is -2.06. The van der Waals surface area contributed by atoms with Gasteiger partial charge >= 0.3 is 0 Å². The van der Waals surface area contributed by atoms with Gasteiger partial charge in [-0.1, -0.05) is 5.16 Å². The summed E-state index contributed by atoms with van der Waals surface area (Å²) in [4.78, 5) is 0. The predicted octanol–water partition coefficient (Wildman–Crippen LogP) is 1.01. The Kier molecular flexibility index (Phi) is 2.06. The summed E-state index contributed by atoms with van der Waals surface area (Å²) in [5.41, 5.74) is 2.15. The fourth-order valence-electron chi connectivity index (χ4n) is 0.931. The predicted molar refractivity (Wildman–Crippen MR) is 38.7 cm³/mol. The Morgan fingerprint density at radius 2 is 2.20 bits per heavy atom. The zero-order chi connectivity index (χ0) is 7.56. The van der Waals surface area contributed by atoms with Crippen LogP contribution in [-0.4, -0.2) is 12.2 Å². The second kappa shape index (κ2) is 2.84. The Bertz CT molecular complexity index is 198. The molecule has 1 N–H and O–H groups in total. The molecule has 0 fully saturated rings. The number of hydrogen-bond donors (Lipinski definition) is 1. The number of aryl methyl sites for hydroxylation is 2. The molecule has 1 rings (SSSR count). The van der Waals surface area contributed by atoms with Gasteiger partial charge < -0.3 is 9.84 Å². The van der Waals surface area contributed by atoms with E-state index in [9.17, 15) is 0 Å². The van der Waals surface area contributed by atoms with Crippen LogP contribution in [0.25, 0.3) is 0 Å². The molecule has 0 amide bonds. The lowest BCUT2D eigenvalue weighted by molar-refractivity contribution is 0.392. The summed E-state index contributed by atoms with van der Waals surface area (Å²) < 4.78 is 4.96. The molecule has 0 aliphatic carbocycles. The first-order valence-electron chi connectivity index (χ1n) is 3.32. The summed E-state index contributed by atoms with van der Waals surface area (Å²) in [5, 5.41) is 6.87. The van der Waals surface area contributed by atoms with Crippen LogP contribution in [-0.2, 0) is 6.54 Å². The minimum Gasteiger partial charge on any atom is -0.361 e. The number of nitrogens with zero attached hydrogens (tertiary/aromatic N) is 1. The molecular weight excluding hydrogens is 128 g/mol. The summed E-state index contributed by atoms with van der Waals surface area (Å²) in [5.74, 6) is 0.909. The molecule has 0 bridgehead atoms. The Morgan fingerprint density at radius 3 is 2.60 bits per heavy atom. The van der Waals surface area contributed by atoms with Gasteiger partial charge in [-0.3, -0.25) is 0 Å². The van der Waals surface area contributed by atoms with Crippen LogP contribution < -0.4 is 5.32 Å². The number of nitrogens with one attached hydrogen (secondary N) is 1. The minimum atomic E-state index is 0.834. The van der Waals surface area contributed by atoms with Crippen LogP contribution >= 0.6 is 0 Å². The van der Waals surface area contributed by atoms with Gasteiger partial charge in [0, 0.05) is 12.1 Å². The lowest BCUT2D eigenvalue weighted by Gasteiger charge is -1.94. The third kappa shape index (κ3) is 1.19. The van der Waals surface area contributed by atoms with E-state index in [2.05, 4.69) is 10.5 Å². The molecule has 1 aromatic heterocycles. The summed E-state index contributed by atoms with van der Waals surface area (Å²) >= 11 is 0. The van der Waals surface area contributed by atoms with Crippen molar-refractivity contribution in [3.8, 4) is 0 Å². The number of aromatic nitrogens is 1. The molecule has 10 heavy (non-hydrogen) atoms. The Balaban J connectivity index is 2.87. The van der Waals surface area contributed by atoms with E-state index in [4.69, 9.17) is 4.52 Å². The van der Waals surface area contributed by atoms with Gasteiger partial charge in [-0.25, -0.2) is 0 Å². The molecule has 1 heterocycles. The van der Waals surface area contributed by atoms with Crippen molar-refractivity contribution in [3.63, 3.8) is 0 Å². The van der Waals surface area contributed by atoms with Gasteiger partial charge in [-0.05, 0) is 20.9 Å². The van der Waals surface area contributed by atoms with Crippen LogP contribution in [0, 0.1) is 13.8 Å². The third-order valence-electron chi connectivity index (χ3n) is 1.53. The van der Waals surface area contributed by atoms with Crippen molar-refractivity contribution in [3.05, 3.63) is 17.0 Å². The second-order valence-electron chi connectivity index (χ2n) is 2.33. The molecule has 0 aliphatic rings. The SMILES string of the molecule is CNCc1c(C)noc1C. The molecule has 0 aliphatic heterocycles. The van der Waals surface area contributed by atoms with E-state index in [-0.39, 0.29) is 0 Å². The van der Waals surface area contributed by atoms with Gasteiger partial charge in [-0.15, -0.1) is 0 Å². The molecule has 0 spiro atoms. The first kappa shape index (κ1) is 7.28. The molecule has 56 valence electrons. The van der Waals surface area contributed by atoms with E-state index in [1.807, 2.05) is 20.9 Å². The summed E-state index contributed by atoms with van der Waals surface area (Å²) in [6.45, 7) is 4.71. The van der Waals surface area contributed by atoms with E-state index < -0.39 is 0 Å². The highest BCUT2D eigenvalue weighted by Crippen LogP contribution is 2.10. The standard InChI is InChI=1S/C7H12N2O/c1-5-7(4-8-3)6(2)10-9-5/h8H,4H2,1-3H3. The van der Waals surface area contributed by atoms with E-state index >= 15 is 0 Å². The molecule has 0 atom stereocenters. The van der Waals surface area contributed by atoms with Crippen molar-refractivity contribution in [1.29, 1.82) is 0 Å². The van der Waals surface area contributed by atoms with E-state index in [0.29, 0.717) is 0 Å². The van der Waals surface area contributed by atoms with Gasteiger partial charge in [0.25, 0.3) is 0 Å². The maximum Gasteiger partial charge on any atom is 0.138 e. The van der Waals surface area contributed by atoms with Crippen LogP contribution in [0.1, 0.15) is 17.0 Å². The maximum absolute atomic E-state index is 4.96. The van der Waals surface area contributed by atoms with E-state index in [0.717, 1.165) is 18.0 Å². The molecule has 0 unspecified atom stereocenters. The average Bonchev–Trinajstić information content (AvgIpc) is 2.20. The van der Waals surface area contributed by atoms with E-state index in [1.165, 1.54) is 5.56 Å². The van der Waals surface area contributed by atoms with Crippen LogP contribution in [0.5, 0.6) is 0 Å². The van der Waals surface area contributed by atoms with Crippen molar-refractivity contribution in [2.75, 3.05) is 7.05 Å². The quantitative estimate of drug-likeness (QED) is 0.666. The van der Waals surface area contributed by atoms with E-state index in [1.54, 1.807) is 0 Å². The first-order chi connectivity index (χ1) is 4.75. The fraction of sp³-hybridized carbons (Fsp3) is 0.571. The molecule has 3 heteroatoms. The van der Waals surface area contributed by atoms with Crippen molar-refractivity contribution in [2.45, 2.75) is 20.4 Å². The van der Waals surface area contributed by atoms with Crippen LogP contribution in [0.15, 0.2) is 4.52 Å². The average molecular weight is 140 g/mol. The Hall–Kier alpha value is -0.830. The summed E-state index contributed by atoms with van der Waals surface area (Å²) in [7, 11) is 1.91. The number of hydrogen-bond acceptors (Lipinski definition) is 3. The highest BCUT2D eigenvalue weighted by atomic mass is 16.5. The highest BCUT2D eigenvalue weighted by Gasteiger charge is 2.05. The smallest absolute Gasteiger partial charge is 0.138 e. The van der Waals surface area contributed by atoms with Crippen molar-refractivity contribution < 1.29 is 4.52 Å². The topological polar surface area (TPSA) is 38.1 Å². The third-order valence-corrected chi connectivity index (χ3v) is 1.53. The zero-order valence-electron chi connectivity index (χ0n) is 6.56. The molecule has 1 aromatic rings. The first-order valence-corrected chi connectivity index (χ1v) is 3.32. The Labute approximate surface area is 60.4 Å². The molecule has 0 saturated heterocycles. The van der Waals surface area contributed by atoms with Crippen LogP contribution in [0.4, 0.5) is 0 Å². The zero-order valence-corrected chi connectivity index (χ0v) is 6.56. The molecule has 0 aromatic carbocycles. The van der Waals surface area contributed by atoms with Crippen molar-refractivity contribution in [2.24, 2.45) is 0 Å². The summed E-state index contributed by atoms with van der Waals surface area (Å²) in [6.07, 6.45) is 0. The van der Waals surface area contributed by atoms with Gasteiger partial charge in [0.2, 0.25) is 0 Å². The largest absolute Gasteiger partial charge is 0.361 e. The lowest BCUT2D eigenvalue weighted by atomic mass is 10.2. The van der Waals surface area contributed by atoms with Crippen molar-refractivity contribution in [1.82, 2.24) is 10.5 Å². The highest BCUT2D eigenvalue weighted by molar-refractivity contribution is 5.20. The second-order valence-corrected chi connectivity index (χ2v) is 2.33. The molecule has 0 radical (unpaired) electrons.